The molecule has 0 unspecified atom stereocenters. The Labute approximate surface area is 136 Å². The number of guanidine groups is 1. The van der Waals surface area contributed by atoms with E-state index in [9.17, 15) is 4.39 Å². The topological polar surface area (TPSA) is 68.2 Å². The second-order valence-electron chi connectivity index (χ2n) is 5.44. The van der Waals surface area contributed by atoms with Crippen molar-refractivity contribution in [2.45, 2.75) is 39.2 Å². The summed E-state index contributed by atoms with van der Waals surface area (Å²) in [6.45, 7) is 3.36. The Balaban J connectivity index is 1.85. The van der Waals surface area contributed by atoms with Gasteiger partial charge in [-0.3, -0.25) is 0 Å². The van der Waals surface area contributed by atoms with Crippen molar-refractivity contribution < 1.29 is 4.39 Å². The number of rotatable bonds is 8. The average molecular weight is 317 g/mol. The Morgan fingerprint density at radius 2 is 2.22 bits per heavy atom. The lowest BCUT2D eigenvalue weighted by Crippen LogP contribution is -2.32. The molecule has 3 N–H and O–H groups in total. The number of benzene rings is 1. The molecule has 0 aliphatic carbocycles. The SMILES string of the molecule is CCCCCCNC(N)=NCc1ccc(-n2ccnc2)c(F)c1. The van der Waals surface area contributed by atoms with Crippen LogP contribution in [0.1, 0.15) is 38.2 Å². The molecule has 124 valence electrons. The van der Waals surface area contributed by atoms with Gasteiger partial charge in [-0.25, -0.2) is 14.4 Å². The predicted octanol–water partition coefficient (Wildman–Crippen LogP) is 3.00. The van der Waals surface area contributed by atoms with Crippen LogP contribution in [0.2, 0.25) is 0 Å². The van der Waals surface area contributed by atoms with Crippen molar-refractivity contribution in [3.8, 4) is 5.69 Å². The molecule has 0 aliphatic heterocycles. The van der Waals surface area contributed by atoms with Gasteiger partial charge < -0.3 is 15.6 Å². The maximum Gasteiger partial charge on any atom is 0.188 e. The third-order valence-corrected chi connectivity index (χ3v) is 3.56. The standard InChI is InChI=1S/C17H24FN5/c1-2-3-4-5-8-21-17(19)22-12-14-6-7-16(15(18)11-14)23-10-9-20-13-23/h6-7,9-11,13H,2-5,8,12H2,1H3,(H3,19,21,22). The van der Waals surface area contributed by atoms with Crippen LogP contribution in [-0.2, 0) is 6.54 Å². The van der Waals surface area contributed by atoms with Crippen molar-refractivity contribution in [1.29, 1.82) is 0 Å². The first-order valence-corrected chi connectivity index (χ1v) is 8.01. The van der Waals surface area contributed by atoms with Crippen LogP contribution in [0.25, 0.3) is 5.69 Å². The average Bonchev–Trinajstić information content (AvgIpc) is 3.07. The van der Waals surface area contributed by atoms with E-state index in [2.05, 4.69) is 22.2 Å². The van der Waals surface area contributed by atoms with Crippen LogP contribution in [-0.4, -0.2) is 22.1 Å². The fourth-order valence-corrected chi connectivity index (χ4v) is 2.26. The van der Waals surface area contributed by atoms with Crippen LogP contribution < -0.4 is 11.1 Å². The third kappa shape index (κ3) is 5.39. The quantitative estimate of drug-likeness (QED) is 0.447. The highest BCUT2D eigenvalue weighted by Crippen LogP contribution is 2.15. The van der Waals surface area contributed by atoms with Gasteiger partial charge in [-0.15, -0.1) is 0 Å². The van der Waals surface area contributed by atoms with Crippen molar-refractivity contribution in [3.63, 3.8) is 0 Å². The second-order valence-corrected chi connectivity index (χ2v) is 5.44. The number of aromatic nitrogens is 2. The van der Waals surface area contributed by atoms with Crippen LogP contribution in [0.3, 0.4) is 0 Å². The lowest BCUT2D eigenvalue weighted by atomic mass is 10.2. The van der Waals surface area contributed by atoms with Crippen molar-refractivity contribution in [2.75, 3.05) is 6.54 Å². The molecular formula is C17H24FN5. The lowest BCUT2D eigenvalue weighted by Gasteiger charge is -2.07. The first-order chi connectivity index (χ1) is 11.2. The highest BCUT2D eigenvalue weighted by Gasteiger charge is 2.05. The summed E-state index contributed by atoms with van der Waals surface area (Å²) in [5, 5.41) is 3.08. The molecule has 1 heterocycles. The molecule has 5 nitrogen and oxygen atoms in total. The number of nitrogens with one attached hydrogen (secondary N) is 1. The van der Waals surface area contributed by atoms with E-state index >= 15 is 0 Å². The Morgan fingerprint density at radius 3 is 2.91 bits per heavy atom. The van der Waals surface area contributed by atoms with Gasteiger partial charge in [0.05, 0.1) is 18.6 Å². The zero-order valence-electron chi connectivity index (χ0n) is 13.5. The van der Waals surface area contributed by atoms with Crippen LogP contribution in [0.4, 0.5) is 4.39 Å². The highest BCUT2D eigenvalue weighted by atomic mass is 19.1. The van der Waals surface area contributed by atoms with Crippen molar-refractivity contribution in [1.82, 2.24) is 14.9 Å². The molecule has 1 aromatic carbocycles. The van der Waals surface area contributed by atoms with Crippen LogP contribution in [0.5, 0.6) is 0 Å². The summed E-state index contributed by atoms with van der Waals surface area (Å²) in [4.78, 5) is 8.16. The first-order valence-electron chi connectivity index (χ1n) is 8.01. The Bertz CT molecular complexity index is 622. The minimum Gasteiger partial charge on any atom is -0.370 e. The van der Waals surface area contributed by atoms with Gasteiger partial charge in [0.25, 0.3) is 0 Å². The number of hydrogen-bond acceptors (Lipinski definition) is 2. The van der Waals surface area contributed by atoms with Gasteiger partial charge in [-0.05, 0) is 24.1 Å². The fraction of sp³-hybridized carbons (Fsp3) is 0.412. The van der Waals surface area contributed by atoms with Gasteiger partial charge in [-0.1, -0.05) is 32.3 Å². The molecule has 0 amide bonds. The number of nitrogens with zero attached hydrogens (tertiary/aromatic N) is 3. The van der Waals surface area contributed by atoms with E-state index < -0.39 is 0 Å². The molecule has 2 aromatic rings. The summed E-state index contributed by atoms with van der Waals surface area (Å²) in [5.74, 6) is 0.0994. The van der Waals surface area contributed by atoms with Crippen molar-refractivity contribution >= 4 is 5.96 Å². The molecule has 0 spiro atoms. The van der Waals surface area contributed by atoms with Gasteiger partial charge in [0.2, 0.25) is 0 Å². The maximum absolute atomic E-state index is 14.1. The first kappa shape index (κ1) is 17.0. The Morgan fingerprint density at radius 1 is 1.35 bits per heavy atom. The van der Waals surface area contributed by atoms with Gasteiger partial charge in [0.15, 0.2) is 5.96 Å². The number of aliphatic imine (C=N–C) groups is 1. The van der Waals surface area contributed by atoms with Crippen LogP contribution in [0.15, 0.2) is 41.9 Å². The summed E-state index contributed by atoms with van der Waals surface area (Å²) in [6.07, 6.45) is 9.61. The molecule has 0 radical (unpaired) electrons. The van der Waals surface area contributed by atoms with Gasteiger partial charge >= 0.3 is 0 Å². The second kappa shape index (κ2) is 8.92. The molecule has 0 fully saturated rings. The molecule has 6 heteroatoms. The third-order valence-electron chi connectivity index (χ3n) is 3.56. The van der Waals surface area contributed by atoms with Crippen molar-refractivity contribution in [3.05, 3.63) is 48.3 Å². The number of unbranched alkanes of at least 4 members (excludes halogenated alkanes) is 3. The number of imidazole rings is 1. The Kier molecular flexibility index (Phi) is 6.59. The molecule has 0 bridgehead atoms. The van der Waals surface area contributed by atoms with E-state index in [1.54, 1.807) is 29.4 Å². The zero-order chi connectivity index (χ0) is 16.5. The number of halogens is 1. The molecule has 0 saturated heterocycles. The van der Waals surface area contributed by atoms with Gasteiger partial charge in [-0.2, -0.15) is 0 Å². The smallest absolute Gasteiger partial charge is 0.188 e. The highest BCUT2D eigenvalue weighted by molar-refractivity contribution is 5.77. The van der Waals surface area contributed by atoms with E-state index in [-0.39, 0.29) is 5.82 Å². The molecule has 2 rings (SSSR count). The molecule has 0 atom stereocenters. The van der Waals surface area contributed by atoms with Crippen molar-refractivity contribution in [2.24, 2.45) is 10.7 Å². The molecule has 0 saturated carbocycles. The van der Waals surface area contributed by atoms with E-state index in [0.717, 1.165) is 18.5 Å². The summed E-state index contributed by atoms with van der Waals surface area (Å²) < 4.78 is 15.7. The minimum atomic E-state index is -0.304. The van der Waals surface area contributed by atoms with E-state index in [4.69, 9.17) is 5.73 Å². The minimum absolute atomic E-state index is 0.304. The summed E-state index contributed by atoms with van der Waals surface area (Å²) in [6, 6.07) is 5.04. The largest absolute Gasteiger partial charge is 0.370 e. The van der Waals surface area contributed by atoms with Gasteiger partial charge in [0, 0.05) is 18.9 Å². The Hall–Kier alpha value is -2.37. The van der Waals surface area contributed by atoms with Gasteiger partial charge in [0.1, 0.15) is 5.82 Å². The van der Waals surface area contributed by atoms with E-state index in [1.165, 1.54) is 25.3 Å². The molecular weight excluding hydrogens is 293 g/mol. The van der Waals surface area contributed by atoms with Crippen LogP contribution >= 0.6 is 0 Å². The van der Waals surface area contributed by atoms with Crippen LogP contribution in [0, 0.1) is 5.82 Å². The summed E-state index contributed by atoms with van der Waals surface area (Å²) in [5.41, 5.74) is 7.06. The maximum atomic E-state index is 14.1. The normalized spacial score (nSPS) is 11.7. The fourth-order valence-electron chi connectivity index (χ4n) is 2.26. The molecule has 23 heavy (non-hydrogen) atoms. The number of nitrogens with two attached hydrogens (primary N) is 1. The summed E-state index contributed by atoms with van der Waals surface area (Å²) >= 11 is 0. The molecule has 1 aromatic heterocycles. The monoisotopic (exact) mass is 317 g/mol. The zero-order valence-corrected chi connectivity index (χ0v) is 13.5. The predicted molar refractivity (Wildman–Crippen MR) is 91.0 cm³/mol. The van der Waals surface area contributed by atoms with E-state index in [0.29, 0.717) is 18.2 Å². The lowest BCUT2D eigenvalue weighted by molar-refractivity contribution is 0.615. The summed E-state index contributed by atoms with van der Waals surface area (Å²) in [7, 11) is 0. The van der Waals surface area contributed by atoms with E-state index in [1.807, 2.05) is 6.07 Å². The number of hydrogen-bond donors (Lipinski definition) is 2. The molecule has 0 aliphatic rings.